The number of aryl methyl sites for hydroxylation is 1. The topological polar surface area (TPSA) is 56.7 Å². The molecular formula is C11H14N4. The third-order valence-corrected chi connectivity index (χ3v) is 2.29. The maximum absolute atomic E-state index is 6.04. The minimum atomic E-state index is -0.0598. The average Bonchev–Trinajstić information content (AvgIpc) is 2.66. The van der Waals surface area contributed by atoms with E-state index in [4.69, 9.17) is 5.73 Å². The second kappa shape index (κ2) is 4.23. The van der Waals surface area contributed by atoms with Gasteiger partial charge in [-0.15, -0.1) is 0 Å². The molecule has 78 valence electrons. The molecule has 0 aliphatic rings. The molecule has 0 bridgehead atoms. The van der Waals surface area contributed by atoms with Crippen LogP contribution in [-0.2, 0) is 13.5 Å². The highest BCUT2D eigenvalue weighted by atomic mass is 15.3. The van der Waals surface area contributed by atoms with Crippen LogP contribution in [0.25, 0.3) is 0 Å². The molecular weight excluding hydrogens is 188 g/mol. The Kier molecular flexibility index (Phi) is 2.78. The number of hydrogen-bond donors (Lipinski definition) is 1. The van der Waals surface area contributed by atoms with Gasteiger partial charge in [0.15, 0.2) is 0 Å². The minimum absolute atomic E-state index is 0.0598. The molecule has 1 atom stereocenters. The van der Waals surface area contributed by atoms with E-state index in [1.54, 1.807) is 10.9 Å². The quantitative estimate of drug-likeness (QED) is 0.809. The third-order valence-electron chi connectivity index (χ3n) is 2.29. The lowest BCUT2D eigenvalue weighted by Gasteiger charge is -2.07. The van der Waals surface area contributed by atoms with Gasteiger partial charge in [-0.2, -0.15) is 5.10 Å². The van der Waals surface area contributed by atoms with Crippen LogP contribution in [0.5, 0.6) is 0 Å². The van der Waals surface area contributed by atoms with E-state index in [0.29, 0.717) is 0 Å². The third kappa shape index (κ3) is 2.41. The van der Waals surface area contributed by atoms with Gasteiger partial charge >= 0.3 is 0 Å². The van der Waals surface area contributed by atoms with Crippen molar-refractivity contribution in [3.63, 3.8) is 0 Å². The highest BCUT2D eigenvalue weighted by Gasteiger charge is 2.09. The predicted molar refractivity (Wildman–Crippen MR) is 58.1 cm³/mol. The summed E-state index contributed by atoms with van der Waals surface area (Å²) in [4.78, 5) is 4.06. The van der Waals surface area contributed by atoms with Crippen molar-refractivity contribution in [2.24, 2.45) is 12.8 Å². The van der Waals surface area contributed by atoms with E-state index >= 15 is 0 Å². The van der Waals surface area contributed by atoms with E-state index in [2.05, 4.69) is 10.1 Å². The Morgan fingerprint density at radius 3 is 2.93 bits per heavy atom. The smallest absolute Gasteiger partial charge is 0.0795 e. The van der Waals surface area contributed by atoms with Crippen LogP contribution in [0.4, 0.5) is 0 Å². The second-order valence-electron chi connectivity index (χ2n) is 3.59. The molecule has 0 aromatic carbocycles. The molecule has 2 rings (SSSR count). The Labute approximate surface area is 88.8 Å². The van der Waals surface area contributed by atoms with Crippen molar-refractivity contribution >= 4 is 0 Å². The summed E-state index contributed by atoms with van der Waals surface area (Å²) in [6, 6.07) is 5.83. The molecule has 2 N–H and O–H groups in total. The molecule has 0 spiro atoms. The monoisotopic (exact) mass is 202 g/mol. The molecule has 0 fully saturated rings. The second-order valence-corrected chi connectivity index (χ2v) is 3.59. The van der Waals surface area contributed by atoms with Crippen molar-refractivity contribution in [2.45, 2.75) is 12.5 Å². The van der Waals surface area contributed by atoms with Crippen LogP contribution < -0.4 is 5.73 Å². The fraction of sp³-hybridized carbons (Fsp3) is 0.273. The van der Waals surface area contributed by atoms with Crippen molar-refractivity contribution in [1.29, 1.82) is 0 Å². The summed E-state index contributed by atoms with van der Waals surface area (Å²) >= 11 is 0. The van der Waals surface area contributed by atoms with E-state index in [-0.39, 0.29) is 6.04 Å². The van der Waals surface area contributed by atoms with E-state index in [1.807, 2.05) is 37.6 Å². The zero-order valence-corrected chi connectivity index (χ0v) is 8.67. The van der Waals surface area contributed by atoms with E-state index < -0.39 is 0 Å². The Balaban J connectivity index is 2.07. The predicted octanol–water partition coefficient (Wildman–Crippen LogP) is 1.06. The highest BCUT2D eigenvalue weighted by molar-refractivity contribution is 5.14. The summed E-state index contributed by atoms with van der Waals surface area (Å²) in [5.74, 6) is 0. The minimum Gasteiger partial charge on any atom is -0.322 e. The normalized spacial score (nSPS) is 12.7. The molecule has 4 nitrogen and oxygen atoms in total. The van der Waals surface area contributed by atoms with Gasteiger partial charge in [-0.25, -0.2) is 0 Å². The zero-order chi connectivity index (χ0) is 10.7. The first-order valence-electron chi connectivity index (χ1n) is 4.90. The van der Waals surface area contributed by atoms with Crippen LogP contribution >= 0.6 is 0 Å². The first-order chi connectivity index (χ1) is 7.25. The molecule has 2 aromatic heterocycles. The fourth-order valence-electron chi connectivity index (χ4n) is 1.51. The van der Waals surface area contributed by atoms with Crippen LogP contribution in [-0.4, -0.2) is 14.8 Å². The van der Waals surface area contributed by atoms with Crippen molar-refractivity contribution in [2.75, 3.05) is 0 Å². The summed E-state index contributed by atoms with van der Waals surface area (Å²) in [7, 11) is 1.89. The van der Waals surface area contributed by atoms with E-state index in [1.165, 1.54) is 0 Å². The molecule has 2 heterocycles. The average molecular weight is 202 g/mol. The summed E-state index contributed by atoms with van der Waals surface area (Å²) in [6.45, 7) is 0. The number of rotatable bonds is 3. The molecule has 4 heteroatoms. The lowest BCUT2D eigenvalue weighted by molar-refractivity contribution is 0.656. The van der Waals surface area contributed by atoms with E-state index in [9.17, 15) is 0 Å². The van der Waals surface area contributed by atoms with E-state index in [0.717, 1.165) is 17.7 Å². The number of nitrogens with zero attached hydrogens (tertiary/aromatic N) is 3. The van der Waals surface area contributed by atoms with Gasteiger partial charge in [0, 0.05) is 25.6 Å². The number of hydrogen-bond acceptors (Lipinski definition) is 3. The van der Waals surface area contributed by atoms with Crippen molar-refractivity contribution in [3.05, 3.63) is 48.0 Å². The summed E-state index contributed by atoms with van der Waals surface area (Å²) in [6.07, 6.45) is 6.27. The van der Waals surface area contributed by atoms with Gasteiger partial charge in [0.2, 0.25) is 0 Å². The van der Waals surface area contributed by atoms with Crippen LogP contribution in [0, 0.1) is 0 Å². The van der Waals surface area contributed by atoms with Crippen molar-refractivity contribution in [1.82, 2.24) is 14.8 Å². The van der Waals surface area contributed by atoms with Gasteiger partial charge in [-0.1, -0.05) is 6.07 Å². The van der Waals surface area contributed by atoms with Crippen LogP contribution in [0.2, 0.25) is 0 Å². The van der Waals surface area contributed by atoms with Crippen LogP contribution in [0.15, 0.2) is 36.8 Å². The van der Waals surface area contributed by atoms with Gasteiger partial charge < -0.3 is 5.73 Å². The molecule has 1 unspecified atom stereocenters. The van der Waals surface area contributed by atoms with Gasteiger partial charge in [-0.05, 0) is 24.1 Å². The summed E-state index contributed by atoms with van der Waals surface area (Å²) in [5.41, 5.74) is 8.09. The molecule has 0 saturated heterocycles. The molecule has 15 heavy (non-hydrogen) atoms. The number of aromatic nitrogens is 3. The fourth-order valence-corrected chi connectivity index (χ4v) is 1.51. The largest absolute Gasteiger partial charge is 0.322 e. The maximum atomic E-state index is 6.04. The van der Waals surface area contributed by atoms with Gasteiger partial charge in [0.1, 0.15) is 0 Å². The van der Waals surface area contributed by atoms with Gasteiger partial charge in [0.25, 0.3) is 0 Å². The Hall–Kier alpha value is -1.68. The van der Waals surface area contributed by atoms with Crippen LogP contribution in [0.1, 0.15) is 17.3 Å². The van der Waals surface area contributed by atoms with Gasteiger partial charge in [0.05, 0.1) is 11.7 Å². The molecule has 2 aromatic rings. The summed E-state index contributed by atoms with van der Waals surface area (Å²) < 4.78 is 1.76. The molecule has 0 aliphatic heterocycles. The number of nitrogens with two attached hydrogens (primary N) is 1. The molecule has 0 saturated carbocycles. The van der Waals surface area contributed by atoms with Gasteiger partial charge in [-0.3, -0.25) is 9.67 Å². The summed E-state index contributed by atoms with van der Waals surface area (Å²) in [5, 5.41) is 4.28. The molecule has 0 radical (unpaired) electrons. The lowest BCUT2D eigenvalue weighted by atomic mass is 10.1. The maximum Gasteiger partial charge on any atom is 0.0795 e. The Bertz CT molecular complexity index is 421. The molecule has 0 amide bonds. The standard InChI is InChI=1S/C11H14N4/c1-15-6-4-11(14-15)10(12)7-9-3-2-5-13-8-9/h2-6,8,10H,7,12H2,1H3. The van der Waals surface area contributed by atoms with Crippen molar-refractivity contribution in [3.8, 4) is 0 Å². The Morgan fingerprint density at radius 2 is 2.33 bits per heavy atom. The van der Waals surface area contributed by atoms with Crippen LogP contribution in [0.3, 0.4) is 0 Å². The Morgan fingerprint density at radius 1 is 1.47 bits per heavy atom. The first kappa shape index (κ1) is 9.86. The highest BCUT2D eigenvalue weighted by Crippen LogP contribution is 2.12. The van der Waals surface area contributed by atoms with Crippen molar-refractivity contribution < 1.29 is 0 Å². The lowest BCUT2D eigenvalue weighted by Crippen LogP contribution is -2.14. The number of pyridine rings is 1. The SMILES string of the molecule is Cn1ccc(C(N)Cc2cccnc2)n1. The first-order valence-corrected chi connectivity index (χ1v) is 4.90. The zero-order valence-electron chi connectivity index (χ0n) is 8.67. The molecule has 0 aliphatic carbocycles.